The summed E-state index contributed by atoms with van der Waals surface area (Å²) in [5.41, 5.74) is 8.76. The standard InChI is InChI=1S/C23H21N5O3/c1-15-19(16(2)31-27-15)13-21(29)24-25-23(30)20-14-28(18-11-7-4-8-12-18)26-22(20)17-9-5-3-6-10-17/h3-12,14H,13H2,1-2H3,(H,24,29)(H,25,30). The van der Waals surface area contributed by atoms with Gasteiger partial charge in [-0.25, -0.2) is 4.68 Å². The lowest BCUT2D eigenvalue weighted by molar-refractivity contribution is -0.121. The summed E-state index contributed by atoms with van der Waals surface area (Å²) in [6, 6.07) is 18.9. The van der Waals surface area contributed by atoms with Crippen LogP contribution in [0.1, 0.15) is 27.4 Å². The van der Waals surface area contributed by atoms with Gasteiger partial charge in [0, 0.05) is 17.3 Å². The lowest BCUT2D eigenvalue weighted by atomic mass is 10.1. The largest absolute Gasteiger partial charge is 0.361 e. The summed E-state index contributed by atoms with van der Waals surface area (Å²) in [6.07, 6.45) is 1.70. The fourth-order valence-electron chi connectivity index (χ4n) is 3.22. The highest BCUT2D eigenvalue weighted by Gasteiger charge is 2.20. The number of amides is 2. The molecule has 0 aliphatic rings. The smallest absolute Gasteiger partial charge is 0.273 e. The van der Waals surface area contributed by atoms with Crippen LogP contribution in [0.5, 0.6) is 0 Å². The zero-order valence-corrected chi connectivity index (χ0v) is 17.1. The Kier molecular flexibility index (Phi) is 5.61. The van der Waals surface area contributed by atoms with Crippen molar-refractivity contribution in [3.05, 3.63) is 89.4 Å². The molecule has 8 heteroatoms. The molecule has 2 aromatic heterocycles. The second-order valence-electron chi connectivity index (χ2n) is 7.02. The Bertz CT molecular complexity index is 1190. The minimum atomic E-state index is -0.465. The highest BCUT2D eigenvalue weighted by atomic mass is 16.5. The Hall–Kier alpha value is -4.20. The molecule has 0 unspecified atom stereocenters. The molecule has 156 valence electrons. The zero-order valence-electron chi connectivity index (χ0n) is 17.1. The first kappa shape index (κ1) is 20.1. The Labute approximate surface area is 178 Å². The molecule has 0 spiro atoms. The van der Waals surface area contributed by atoms with Crippen molar-refractivity contribution in [1.29, 1.82) is 0 Å². The maximum absolute atomic E-state index is 12.9. The number of aromatic nitrogens is 3. The number of nitrogens with zero attached hydrogens (tertiary/aromatic N) is 3. The molecule has 0 aliphatic carbocycles. The molecule has 0 saturated carbocycles. The molecule has 8 nitrogen and oxygen atoms in total. The van der Waals surface area contributed by atoms with E-state index in [-0.39, 0.29) is 12.3 Å². The van der Waals surface area contributed by atoms with Gasteiger partial charge in [-0.1, -0.05) is 53.7 Å². The van der Waals surface area contributed by atoms with E-state index in [1.54, 1.807) is 24.7 Å². The van der Waals surface area contributed by atoms with Crippen LogP contribution in [0.4, 0.5) is 0 Å². The van der Waals surface area contributed by atoms with Crippen LogP contribution in [0.3, 0.4) is 0 Å². The van der Waals surface area contributed by atoms with E-state index in [4.69, 9.17) is 4.52 Å². The predicted molar refractivity (Wildman–Crippen MR) is 114 cm³/mol. The molecule has 2 heterocycles. The summed E-state index contributed by atoms with van der Waals surface area (Å²) < 4.78 is 6.71. The average molecular weight is 415 g/mol. The summed E-state index contributed by atoms with van der Waals surface area (Å²) in [5, 5.41) is 8.44. The van der Waals surface area contributed by atoms with Gasteiger partial charge in [0.1, 0.15) is 11.5 Å². The number of nitrogens with one attached hydrogen (secondary N) is 2. The molecule has 0 atom stereocenters. The van der Waals surface area contributed by atoms with Crippen molar-refractivity contribution in [3.8, 4) is 16.9 Å². The topological polar surface area (TPSA) is 102 Å². The van der Waals surface area contributed by atoms with Crippen molar-refractivity contribution in [1.82, 2.24) is 25.8 Å². The Morgan fingerprint density at radius 2 is 1.65 bits per heavy atom. The first-order chi connectivity index (χ1) is 15.0. The van der Waals surface area contributed by atoms with E-state index < -0.39 is 5.91 Å². The lowest BCUT2D eigenvalue weighted by Crippen LogP contribution is -2.42. The Morgan fingerprint density at radius 3 is 2.29 bits per heavy atom. The van der Waals surface area contributed by atoms with Crippen molar-refractivity contribution in [2.75, 3.05) is 0 Å². The van der Waals surface area contributed by atoms with Crippen molar-refractivity contribution in [2.24, 2.45) is 0 Å². The van der Waals surface area contributed by atoms with Crippen LogP contribution in [-0.2, 0) is 11.2 Å². The minimum absolute atomic E-state index is 0.0519. The first-order valence-corrected chi connectivity index (χ1v) is 9.74. The SMILES string of the molecule is Cc1noc(C)c1CC(=O)NNC(=O)c1cn(-c2ccccc2)nc1-c1ccccc1. The number of para-hydroxylation sites is 1. The molecule has 0 fully saturated rings. The molecule has 2 amide bonds. The van der Waals surface area contributed by atoms with Crippen molar-refractivity contribution in [2.45, 2.75) is 20.3 Å². The van der Waals surface area contributed by atoms with Crippen LogP contribution in [0.15, 0.2) is 71.4 Å². The van der Waals surface area contributed by atoms with E-state index in [0.29, 0.717) is 28.3 Å². The van der Waals surface area contributed by atoms with Crippen molar-refractivity contribution < 1.29 is 14.1 Å². The maximum atomic E-state index is 12.9. The van der Waals surface area contributed by atoms with Gasteiger partial charge < -0.3 is 4.52 Å². The van der Waals surface area contributed by atoms with Crippen LogP contribution in [0.2, 0.25) is 0 Å². The normalized spacial score (nSPS) is 10.6. The fraction of sp³-hybridized carbons (Fsp3) is 0.130. The van der Waals surface area contributed by atoms with Crippen molar-refractivity contribution in [3.63, 3.8) is 0 Å². The summed E-state index contributed by atoms with van der Waals surface area (Å²) >= 11 is 0. The fourth-order valence-corrected chi connectivity index (χ4v) is 3.22. The van der Waals surface area contributed by atoms with Crippen LogP contribution < -0.4 is 10.9 Å². The van der Waals surface area contributed by atoms with Crippen LogP contribution in [-0.4, -0.2) is 26.8 Å². The number of aryl methyl sites for hydroxylation is 2. The van der Waals surface area contributed by atoms with Crippen molar-refractivity contribution >= 4 is 11.8 Å². The second-order valence-corrected chi connectivity index (χ2v) is 7.02. The monoisotopic (exact) mass is 415 g/mol. The molecule has 4 rings (SSSR count). The van der Waals surface area contributed by atoms with Gasteiger partial charge in [-0.15, -0.1) is 0 Å². The van der Waals surface area contributed by atoms with Gasteiger partial charge in [-0.3, -0.25) is 20.4 Å². The number of carbonyl (C=O) groups excluding carboxylic acids is 2. The molecule has 2 aromatic carbocycles. The van der Waals surface area contributed by atoms with E-state index in [0.717, 1.165) is 11.3 Å². The zero-order chi connectivity index (χ0) is 21.8. The van der Waals surface area contributed by atoms with E-state index in [9.17, 15) is 9.59 Å². The van der Waals surface area contributed by atoms with Gasteiger partial charge >= 0.3 is 0 Å². The molecular formula is C23H21N5O3. The molecular weight excluding hydrogens is 394 g/mol. The summed E-state index contributed by atoms with van der Waals surface area (Å²) in [5.74, 6) is -0.262. The van der Waals surface area contributed by atoms with Crippen LogP contribution >= 0.6 is 0 Å². The number of rotatable bonds is 5. The quantitative estimate of drug-likeness (QED) is 0.488. The number of benzene rings is 2. The molecule has 31 heavy (non-hydrogen) atoms. The predicted octanol–water partition coefficient (Wildman–Crippen LogP) is 3.15. The molecule has 4 aromatic rings. The summed E-state index contributed by atoms with van der Waals surface area (Å²) in [4.78, 5) is 25.2. The average Bonchev–Trinajstić information content (AvgIpc) is 3.38. The molecule has 0 aliphatic heterocycles. The van der Waals surface area contributed by atoms with Gasteiger partial charge in [0.25, 0.3) is 5.91 Å². The van der Waals surface area contributed by atoms with E-state index >= 15 is 0 Å². The van der Waals surface area contributed by atoms with E-state index in [2.05, 4.69) is 21.1 Å². The summed E-state index contributed by atoms with van der Waals surface area (Å²) in [7, 11) is 0. The molecule has 0 saturated heterocycles. The van der Waals surface area contributed by atoms with E-state index in [1.165, 1.54) is 0 Å². The third-order valence-electron chi connectivity index (χ3n) is 4.86. The van der Waals surface area contributed by atoms with Gasteiger partial charge in [0.15, 0.2) is 0 Å². The second kappa shape index (κ2) is 8.66. The number of hydrogen-bond acceptors (Lipinski definition) is 5. The molecule has 0 bridgehead atoms. The Balaban J connectivity index is 1.55. The maximum Gasteiger partial charge on any atom is 0.273 e. The molecule has 2 N–H and O–H groups in total. The van der Waals surface area contributed by atoms with E-state index in [1.807, 2.05) is 60.7 Å². The lowest BCUT2D eigenvalue weighted by Gasteiger charge is -2.07. The number of hydrazine groups is 1. The third-order valence-corrected chi connectivity index (χ3v) is 4.86. The number of carbonyl (C=O) groups is 2. The van der Waals surface area contributed by atoms with Crippen LogP contribution in [0, 0.1) is 13.8 Å². The van der Waals surface area contributed by atoms with Gasteiger partial charge in [-0.2, -0.15) is 5.10 Å². The van der Waals surface area contributed by atoms with Gasteiger partial charge in [0.05, 0.1) is 23.4 Å². The minimum Gasteiger partial charge on any atom is -0.361 e. The van der Waals surface area contributed by atoms with Crippen LogP contribution in [0.25, 0.3) is 16.9 Å². The molecule has 0 radical (unpaired) electrons. The highest BCUT2D eigenvalue weighted by molar-refractivity contribution is 6.00. The third kappa shape index (κ3) is 4.37. The first-order valence-electron chi connectivity index (χ1n) is 9.74. The number of hydrogen-bond donors (Lipinski definition) is 2. The van der Waals surface area contributed by atoms with Gasteiger partial charge in [0.2, 0.25) is 5.91 Å². The highest BCUT2D eigenvalue weighted by Crippen LogP contribution is 2.23. The Morgan fingerprint density at radius 1 is 0.968 bits per heavy atom. The summed E-state index contributed by atoms with van der Waals surface area (Å²) in [6.45, 7) is 3.51. The van der Waals surface area contributed by atoms with Gasteiger partial charge in [-0.05, 0) is 26.0 Å².